The first-order valence-electron chi connectivity index (χ1n) is 8.66. The Balaban J connectivity index is 1.99. The highest BCUT2D eigenvalue weighted by molar-refractivity contribution is 4.93. The molecule has 2 aliphatic carbocycles. The molecule has 21 heavy (non-hydrogen) atoms. The maximum atomic E-state index is 6.48. The van der Waals surface area contributed by atoms with Gasteiger partial charge in [0.25, 0.3) is 0 Å². The normalized spacial score (nSPS) is 21.7. The Morgan fingerprint density at radius 1 is 0.762 bits per heavy atom. The van der Waals surface area contributed by atoms with Crippen LogP contribution in [-0.2, 0) is 14.2 Å². The fourth-order valence-electron chi connectivity index (χ4n) is 4.14. The monoisotopic (exact) mass is 298 g/mol. The van der Waals surface area contributed by atoms with Crippen molar-refractivity contribution in [1.29, 1.82) is 0 Å². The minimum atomic E-state index is -0.0209. The molecule has 0 aromatic heterocycles. The van der Waals surface area contributed by atoms with Crippen molar-refractivity contribution in [2.45, 2.75) is 64.4 Å². The number of hydrogen-bond donors (Lipinski definition) is 0. The molecule has 0 unspecified atom stereocenters. The topological polar surface area (TPSA) is 27.7 Å². The summed E-state index contributed by atoms with van der Waals surface area (Å²) in [5, 5.41) is 0. The minimum absolute atomic E-state index is 0.0209. The maximum Gasteiger partial charge on any atom is 0.0654 e. The van der Waals surface area contributed by atoms with E-state index in [0.29, 0.717) is 11.8 Å². The van der Waals surface area contributed by atoms with E-state index in [9.17, 15) is 0 Å². The van der Waals surface area contributed by atoms with Crippen molar-refractivity contribution in [3.63, 3.8) is 0 Å². The van der Waals surface area contributed by atoms with E-state index >= 15 is 0 Å². The summed E-state index contributed by atoms with van der Waals surface area (Å²) in [6, 6.07) is 0. The van der Waals surface area contributed by atoms with E-state index < -0.39 is 0 Å². The summed E-state index contributed by atoms with van der Waals surface area (Å²) in [5.74, 6) is 1.40. The molecule has 0 bridgehead atoms. The Hall–Kier alpha value is -0.120. The van der Waals surface area contributed by atoms with E-state index in [4.69, 9.17) is 14.2 Å². The fourth-order valence-corrected chi connectivity index (χ4v) is 4.14. The van der Waals surface area contributed by atoms with Crippen LogP contribution in [0.2, 0.25) is 0 Å². The van der Waals surface area contributed by atoms with Gasteiger partial charge in [0.15, 0.2) is 0 Å². The van der Waals surface area contributed by atoms with Gasteiger partial charge in [-0.15, -0.1) is 0 Å². The quantitative estimate of drug-likeness (QED) is 0.642. The van der Waals surface area contributed by atoms with Gasteiger partial charge in [-0.3, -0.25) is 0 Å². The smallest absolute Gasteiger partial charge is 0.0654 e. The number of ether oxygens (including phenoxy) is 3. The summed E-state index contributed by atoms with van der Waals surface area (Å²) in [4.78, 5) is 0. The zero-order valence-corrected chi connectivity index (χ0v) is 14.5. The Morgan fingerprint density at radius 3 is 1.71 bits per heavy atom. The maximum absolute atomic E-state index is 6.48. The lowest BCUT2D eigenvalue weighted by atomic mass is 9.66. The summed E-state index contributed by atoms with van der Waals surface area (Å²) >= 11 is 0. The zero-order valence-electron chi connectivity index (χ0n) is 14.5. The lowest BCUT2D eigenvalue weighted by molar-refractivity contribution is -0.151. The average Bonchev–Trinajstić information content (AvgIpc) is 2.89. The van der Waals surface area contributed by atoms with E-state index in [0.717, 1.165) is 19.8 Å². The number of hydrogen-bond acceptors (Lipinski definition) is 3. The molecule has 0 radical (unpaired) electrons. The van der Waals surface area contributed by atoms with Crippen LogP contribution < -0.4 is 0 Å². The van der Waals surface area contributed by atoms with Crippen LogP contribution in [0.4, 0.5) is 0 Å². The summed E-state index contributed by atoms with van der Waals surface area (Å²) in [6.45, 7) is 6.80. The molecule has 3 nitrogen and oxygen atoms in total. The molecule has 0 aromatic rings. The molecule has 0 atom stereocenters. The van der Waals surface area contributed by atoms with Crippen molar-refractivity contribution in [2.75, 3.05) is 34.0 Å². The Labute approximate surface area is 130 Å². The van der Waals surface area contributed by atoms with Gasteiger partial charge < -0.3 is 14.2 Å². The summed E-state index contributed by atoms with van der Waals surface area (Å²) in [5.41, 5.74) is 0.0185. The van der Waals surface area contributed by atoms with Crippen LogP contribution in [0, 0.1) is 17.3 Å². The summed E-state index contributed by atoms with van der Waals surface area (Å²) < 4.78 is 17.6. The molecule has 0 spiro atoms. The van der Waals surface area contributed by atoms with Crippen LogP contribution in [0.25, 0.3) is 0 Å². The van der Waals surface area contributed by atoms with E-state index in [1.807, 2.05) is 0 Å². The highest BCUT2D eigenvalue weighted by Crippen LogP contribution is 2.44. The second-order valence-corrected chi connectivity index (χ2v) is 7.73. The largest absolute Gasteiger partial charge is 0.384 e. The molecular weight excluding hydrogens is 264 g/mol. The van der Waals surface area contributed by atoms with Gasteiger partial charge in [-0.1, -0.05) is 19.3 Å². The van der Waals surface area contributed by atoms with Crippen LogP contribution in [0.5, 0.6) is 0 Å². The highest BCUT2D eigenvalue weighted by Gasteiger charge is 2.44. The second kappa shape index (κ2) is 7.43. The molecule has 0 saturated heterocycles. The predicted octanol–water partition coefficient (Wildman–Crippen LogP) is 4.05. The van der Waals surface area contributed by atoms with Crippen molar-refractivity contribution in [3.05, 3.63) is 0 Å². The van der Waals surface area contributed by atoms with Gasteiger partial charge in [0.1, 0.15) is 0 Å². The molecule has 2 aliphatic rings. The van der Waals surface area contributed by atoms with E-state index in [2.05, 4.69) is 13.8 Å². The van der Waals surface area contributed by atoms with E-state index in [-0.39, 0.29) is 11.0 Å². The van der Waals surface area contributed by atoms with Gasteiger partial charge in [-0.2, -0.15) is 0 Å². The molecule has 2 fully saturated rings. The Morgan fingerprint density at radius 2 is 1.29 bits per heavy atom. The first kappa shape index (κ1) is 17.2. The third kappa shape index (κ3) is 4.00. The molecule has 0 N–H and O–H groups in total. The third-order valence-electron chi connectivity index (χ3n) is 5.90. The zero-order chi connectivity index (χ0) is 15.3. The first-order valence-corrected chi connectivity index (χ1v) is 8.66. The van der Waals surface area contributed by atoms with E-state index in [1.165, 1.54) is 44.9 Å². The minimum Gasteiger partial charge on any atom is -0.384 e. The average molecular weight is 298 g/mol. The summed E-state index contributed by atoms with van der Waals surface area (Å²) in [7, 11) is 3.59. The van der Waals surface area contributed by atoms with Crippen molar-refractivity contribution in [1.82, 2.24) is 0 Å². The standard InChI is InChI=1S/C18H34O3/c1-17(2,15-8-5-6-9-15)21-14-18(12-19-3,13-20-4)16-10-7-11-16/h15-16H,5-14H2,1-4H3. The van der Waals surface area contributed by atoms with Crippen LogP contribution in [-0.4, -0.2) is 39.6 Å². The van der Waals surface area contributed by atoms with Gasteiger partial charge in [0.05, 0.1) is 25.4 Å². The van der Waals surface area contributed by atoms with Gasteiger partial charge >= 0.3 is 0 Å². The van der Waals surface area contributed by atoms with E-state index in [1.54, 1.807) is 14.2 Å². The van der Waals surface area contributed by atoms with Crippen LogP contribution in [0.1, 0.15) is 58.8 Å². The van der Waals surface area contributed by atoms with Crippen molar-refractivity contribution < 1.29 is 14.2 Å². The fraction of sp³-hybridized carbons (Fsp3) is 1.00. The second-order valence-electron chi connectivity index (χ2n) is 7.73. The van der Waals surface area contributed by atoms with Gasteiger partial charge in [-0.25, -0.2) is 0 Å². The van der Waals surface area contributed by atoms with Gasteiger partial charge in [-0.05, 0) is 51.4 Å². The van der Waals surface area contributed by atoms with Crippen LogP contribution >= 0.6 is 0 Å². The molecular formula is C18H34O3. The Bertz CT molecular complexity index is 298. The molecule has 0 heterocycles. The highest BCUT2D eigenvalue weighted by atomic mass is 16.5. The van der Waals surface area contributed by atoms with Gasteiger partial charge in [0.2, 0.25) is 0 Å². The molecule has 2 saturated carbocycles. The van der Waals surface area contributed by atoms with Crippen molar-refractivity contribution in [3.8, 4) is 0 Å². The lowest BCUT2D eigenvalue weighted by Crippen LogP contribution is -2.48. The van der Waals surface area contributed by atoms with Crippen molar-refractivity contribution in [2.24, 2.45) is 17.3 Å². The molecule has 3 heteroatoms. The molecule has 2 rings (SSSR count). The van der Waals surface area contributed by atoms with Crippen molar-refractivity contribution >= 4 is 0 Å². The SMILES string of the molecule is COCC(COC)(COC(C)(C)C1CCCC1)C1CCC1. The molecule has 0 aliphatic heterocycles. The lowest BCUT2D eigenvalue weighted by Gasteiger charge is -2.46. The van der Waals surface area contributed by atoms with Gasteiger partial charge in [0, 0.05) is 19.6 Å². The summed E-state index contributed by atoms with van der Waals surface area (Å²) in [6.07, 6.45) is 9.28. The molecule has 0 amide bonds. The first-order chi connectivity index (χ1) is 10.0. The predicted molar refractivity (Wildman–Crippen MR) is 85.5 cm³/mol. The Kier molecular flexibility index (Phi) is 6.10. The third-order valence-corrected chi connectivity index (χ3v) is 5.90. The van der Waals surface area contributed by atoms with Crippen LogP contribution in [0.3, 0.4) is 0 Å². The number of methoxy groups -OCH3 is 2. The van der Waals surface area contributed by atoms with Crippen LogP contribution in [0.15, 0.2) is 0 Å². The number of rotatable bonds is 9. The molecule has 124 valence electrons. The molecule has 0 aromatic carbocycles.